The van der Waals surface area contributed by atoms with Gasteiger partial charge >= 0.3 is 23.9 Å². The maximum atomic E-state index is 12.7. The Morgan fingerprint density at radius 1 is 1.16 bits per heavy atom. The average Bonchev–Trinajstić information content (AvgIpc) is 2.77. The van der Waals surface area contributed by atoms with Crippen molar-refractivity contribution in [3.8, 4) is 0 Å². The highest BCUT2D eigenvalue weighted by atomic mass is 16.6. The number of carbonyl (C=O) groups excluding carboxylic acids is 4. The zero-order chi connectivity index (χ0) is 23.9. The number of hydrogen-bond donors (Lipinski definition) is 1. The Hall–Kier alpha value is -2.94. The molecule has 2 aliphatic carbocycles. The van der Waals surface area contributed by atoms with Gasteiger partial charge in [0.2, 0.25) is 0 Å². The molecule has 2 heterocycles. The van der Waals surface area contributed by atoms with E-state index in [2.05, 4.69) is 4.74 Å². The van der Waals surface area contributed by atoms with Crippen molar-refractivity contribution >= 4 is 23.9 Å². The van der Waals surface area contributed by atoms with E-state index in [9.17, 15) is 24.3 Å². The molecule has 174 valence electrons. The second-order valence-electron chi connectivity index (χ2n) is 8.82. The maximum absolute atomic E-state index is 12.7. The molecular weight excluding hydrogens is 420 g/mol. The highest BCUT2D eigenvalue weighted by Gasteiger charge is 2.71. The van der Waals surface area contributed by atoms with Gasteiger partial charge in [-0.1, -0.05) is 26.0 Å². The van der Waals surface area contributed by atoms with Gasteiger partial charge < -0.3 is 24.1 Å². The minimum Gasteiger partial charge on any atom is -0.469 e. The summed E-state index contributed by atoms with van der Waals surface area (Å²) in [6, 6.07) is 0. The number of carbonyl (C=O) groups is 4. The fourth-order valence-electron chi connectivity index (χ4n) is 5.60. The SMILES string of the molecule is COC(=O)C=C(C=CC1(C)C(C(=O)OC)CCC2(C)C1C1C=CC2(O)C(=O)O1)C(=O)OC. The van der Waals surface area contributed by atoms with Gasteiger partial charge in [0.1, 0.15) is 6.10 Å². The van der Waals surface area contributed by atoms with E-state index in [1.54, 1.807) is 26.0 Å². The van der Waals surface area contributed by atoms with Crippen molar-refractivity contribution in [2.75, 3.05) is 21.3 Å². The molecule has 2 bridgehead atoms. The zero-order valence-electron chi connectivity index (χ0n) is 18.7. The molecule has 0 aromatic rings. The predicted molar refractivity (Wildman–Crippen MR) is 110 cm³/mol. The van der Waals surface area contributed by atoms with Gasteiger partial charge in [-0.3, -0.25) is 4.79 Å². The highest BCUT2D eigenvalue weighted by Crippen LogP contribution is 2.65. The zero-order valence-corrected chi connectivity index (χ0v) is 18.7. The summed E-state index contributed by atoms with van der Waals surface area (Å²) >= 11 is 0. The third kappa shape index (κ3) is 3.35. The van der Waals surface area contributed by atoms with Crippen molar-refractivity contribution in [1.29, 1.82) is 0 Å². The van der Waals surface area contributed by atoms with Crippen LogP contribution in [-0.2, 0) is 38.1 Å². The molecule has 4 aliphatic rings. The number of ether oxygens (including phenoxy) is 4. The summed E-state index contributed by atoms with van der Waals surface area (Å²) in [6.07, 6.45) is 7.15. The number of allylic oxidation sites excluding steroid dienone is 1. The normalized spacial score (nSPS) is 38.1. The van der Waals surface area contributed by atoms with Gasteiger partial charge in [-0.05, 0) is 25.0 Å². The van der Waals surface area contributed by atoms with Crippen LogP contribution in [0.25, 0.3) is 0 Å². The Kier molecular flexibility index (Phi) is 6.08. The predicted octanol–water partition coefficient (Wildman–Crippen LogP) is 1.25. The molecule has 1 saturated carbocycles. The van der Waals surface area contributed by atoms with Crippen LogP contribution in [0, 0.1) is 22.7 Å². The fraction of sp³-hybridized carbons (Fsp3) is 0.565. The van der Waals surface area contributed by atoms with E-state index in [1.807, 2.05) is 0 Å². The molecule has 0 radical (unpaired) electrons. The highest BCUT2D eigenvalue weighted by molar-refractivity contribution is 5.98. The lowest BCUT2D eigenvalue weighted by atomic mass is 9.43. The van der Waals surface area contributed by atoms with Crippen molar-refractivity contribution in [3.63, 3.8) is 0 Å². The fourth-order valence-corrected chi connectivity index (χ4v) is 5.60. The molecule has 4 rings (SSSR count). The summed E-state index contributed by atoms with van der Waals surface area (Å²) in [5, 5.41) is 11.3. The van der Waals surface area contributed by atoms with Gasteiger partial charge in [0.05, 0.1) is 32.8 Å². The van der Waals surface area contributed by atoms with Crippen LogP contribution in [0.4, 0.5) is 0 Å². The average molecular weight is 448 g/mol. The molecule has 0 aromatic carbocycles. The molecular formula is C23H28O9. The van der Waals surface area contributed by atoms with Crippen molar-refractivity contribution in [2.45, 2.75) is 38.4 Å². The number of esters is 4. The van der Waals surface area contributed by atoms with E-state index in [1.165, 1.54) is 33.5 Å². The minimum absolute atomic E-state index is 0.0799. The van der Waals surface area contributed by atoms with E-state index >= 15 is 0 Å². The van der Waals surface area contributed by atoms with E-state index in [-0.39, 0.29) is 5.57 Å². The Morgan fingerprint density at radius 3 is 2.41 bits per heavy atom. The Morgan fingerprint density at radius 2 is 1.84 bits per heavy atom. The molecule has 6 atom stereocenters. The molecule has 32 heavy (non-hydrogen) atoms. The number of fused-ring (bicyclic) bond motifs is 1. The van der Waals surface area contributed by atoms with Crippen LogP contribution >= 0.6 is 0 Å². The molecule has 2 fully saturated rings. The molecule has 0 spiro atoms. The van der Waals surface area contributed by atoms with Crippen molar-refractivity contribution < 1.29 is 43.2 Å². The minimum atomic E-state index is -1.84. The third-order valence-electron chi connectivity index (χ3n) is 7.34. The number of hydrogen-bond acceptors (Lipinski definition) is 9. The molecule has 1 N–H and O–H groups in total. The summed E-state index contributed by atoms with van der Waals surface area (Å²) < 4.78 is 19.9. The first kappa shape index (κ1) is 23.7. The maximum Gasteiger partial charge on any atom is 0.343 e. The standard InChI is InChI=1S/C23H28O9/c1-21(9-6-13(18(25)30-4)12-16(24)29-3)14(19(26)31-5)7-10-22(2)17(21)15-8-11-23(22,28)20(27)32-15/h6,8-9,11-12,14-15,17,28H,7,10H2,1-5H3. The first-order valence-electron chi connectivity index (χ1n) is 10.3. The van der Waals surface area contributed by atoms with Gasteiger partial charge in [-0.2, -0.15) is 0 Å². The third-order valence-corrected chi connectivity index (χ3v) is 7.34. The molecule has 0 amide bonds. The Balaban J connectivity index is 2.14. The van der Waals surface area contributed by atoms with Crippen molar-refractivity contribution in [1.82, 2.24) is 0 Å². The summed E-state index contributed by atoms with van der Waals surface area (Å²) in [5.74, 6) is -3.84. The van der Waals surface area contributed by atoms with Gasteiger partial charge in [0, 0.05) is 22.8 Å². The monoisotopic (exact) mass is 448 g/mol. The van der Waals surface area contributed by atoms with Crippen LogP contribution in [0.3, 0.4) is 0 Å². The van der Waals surface area contributed by atoms with E-state index in [0.29, 0.717) is 12.8 Å². The number of rotatable bonds is 5. The lowest BCUT2D eigenvalue weighted by Gasteiger charge is -2.63. The van der Waals surface area contributed by atoms with E-state index in [4.69, 9.17) is 14.2 Å². The summed E-state index contributed by atoms with van der Waals surface area (Å²) in [6.45, 7) is 3.60. The molecule has 2 aliphatic heterocycles. The molecule has 6 unspecified atom stereocenters. The Labute approximate surface area is 186 Å². The second-order valence-corrected chi connectivity index (χ2v) is 8.82. The quantitative estimate of drug-likeness (QED) is 0.217. The first-order valence-corrected chi connectivity index (χ1v) is 10.3. The summed E-state index contributed by atoms with van der Waals surface area (Å²) in [5.41, 5.74) is -3.85. The van der Waals surface area contributed by atoms with Crippen LogP contribution in [0.1, 0.15) is 26.7 Å². The molecule has 9 nitrogen and oxygen atoms in total. The van der Waals surface area contributed by atoms with E-state index in [0.717, 1.165) is 6.08 Å². The topological polar surface area (TPSA) is 125 Å². The number of aliphatic hydroxyl groups is 1. The molecule has 9 heteroatoms. The lowest BCUT2D eigenvalue weighted by Crippen LogP contribution is -2.71. The molecule has 0 aromatic heterocycles. The van der Waals surface area contributed by atoms with Gasteiger partial charge in [-0.15, -0.1) is 0 Å². The summed E-state index contributed by atoms with van der Waals surface area (Å²) in [4.78, 5) is 49.2. The first-order chi connectivity index (χ1) is 15.0. The van der Waals surface area contributed by atoms with Gasteiger partial charge in [-0.25, -0.2) is 14.4 Å². The largest absolute Gasteiger partial charge is 0.469 e. The van der Waals surface area contributed by atoms with Crippen molar-refractivity contribution in [3.05, 3.63) is 36.0 Å². The van der Waals surface area contributed by atoms with Crippen LogP contribution in [0.15, 0.2) is 36.0 Å². The summed E-state index contributed by atoms with van der Waals surface area (Å²) in [7, 11) is 3.65. The van der Waals surface area contributed by atoms with Crippen LogP contribution in [0.5, 0.6) is 0 Å². The van der Waals surface area contributed by atoms with Crippen LogP contribution in [-0.4, -0.2) is 62.0 Å². The van der Waals surface area contributed by atoms with Crippen LogP contribution in [0.2, 0.25) is 0 Å². The van der Waals surface area contributed by atoms with Crippen LogP contribution < -0.4 is 0 Å². The van der Waals surface area contributed by atoms with Crippen molar-refractivity contribution in [2.24, 2.45) is 22.7 Å². The number of methoxy groups -OCH3 is 3. The lowest BCUT2D eigenvalue weighted by molar-refractivity contribution is -0.241. The molecule has 1 saturated heterocycles. The smallest absolute Gasteiger partial charge is 0.343 e. The second kappa shape index (κ2) is 8.20. The van der Waals surface area contributed by atoms with E-state index < -0.39 is 58.2 Å². The van der Waals surface area contributed by atoms with Gasteiger partial charge in [0.15, 0.2) is 5.60 Å². The Bertz CT molecular complexity index is 932. The van der Waals surface area contributed by atoms with Gasteiger partial charge in [0.25, 0.3) is 0 Å².